The molecule has 1 aromatic rings. The lowest BCUT2D eigenvalue weighted by Crippen LogP contribution is -2.40. The molecule has 0 bridgehead atoms. The van der Waals surface area contributed by atoms with Gasteiger partial charge in [-0.2, -0.15) is 5.10 Å². The molecule has 21 heavy (non-hydrogen) atoms. The van der Waals surface area contributed by atoms with Gasteiger partial charge in [-0.3, -0.25) is 9.89 Å². The van der Waals surface area contributed by atoms with Crippen LogP contribution in [0.1, 0.15) is 48.3 Å². The van der Waals surface area contributed by atoms with Crippen LogP contribution in [0.5, 0.6) is 0 Å². The number of aromatic nitrogens is 2. The summed E-state index contributed by atoms with van der Waals surface area (Å²) in [6.45, 7) is 2.43. The van der Waals surface area contributed by atoms with Crippen LogP contribution in [0.2, 0.25) is 0 Å². The molecule has 0 radical (unpaired) electrons. The molecule has 1 saturated heterocycles. The normalized spacial score (nSPS) is 26.0. The van der Waals surface area contributed by atoms with E-state index >= 15 is 0 Å². The number of ether oxygens (including phenoxy) is 1. The molecule has 1 aliphatic heterocycles. The van der Waals surface area contributed by atoms with Crippen LogP contribution in [0.4, 0.5) is 0 Å². The number of nitrogens with zero attached hydrogens (tertiary/aromatic N) is 1. The number of hydrogen-bond acceptors (Lipinski definition) is 5. The molecule has 2 heterocycles. The van der Waals surface area contributed by atoms with Crippen molar-refractivity contribution in [3.8, 4) is 0 Å². The molecule has 8 nitrogen and oxygen atoms in total. The first-order valence-electron chi connectivity index (χ1n) is 6.91. The minimum absolute atomic E-state index is 0.0983. The smallest absolute Gasteiger partial charge is 0.273 e. The van der Waals surface area contributed by atoms with E-state index in [9.17, 15) is 13.2 Å². The third-order valence-corrected chi connectivity index (χ3v) is 4.91. The number of aromatic amines is 1. The van der Waals surface area contributed by atoms with Gasteiger partial charge in [0.15, 0.2) is 5.69 Å². The number of H-pyrrole nitrogens is 1. The second kappa shape index (κ2) is 5.08. The Morgan fingerprint density at radius 3 is 2.67 bits per heavy atom. The van der Waals surface area contributed by atoms with Gasteiger partial charge in [-0.05, 0) is 26.2 Å². The largest absolute Gasteiger partial charge is 0.376 e. The highest BCUT2D eigenvalue weighted by atomic mass is 32.2. The quantitative estimate of drug-likeness (QED) is 0.711. The van der Waals surface area contributed by atoms with Gasteiger partial charge in [0.1, 0.15) is 4.90 Å². The monoisotopic (exact) mass is 314 g/mol. The summed E-state index contributed by atoms with van der Waals surface area (Å²) in [5.41, 5.74) is 0.289. The average molecular weight is 314 g/mol. The molecular weight excluding hydrogens is 296 g/mol. The Morgan fingerprint density at radius 1 is 1.43 bits per heavy atom. The zero-order valence-electron chi connectivity index (χ0n) is 11.6. The van der Waals surface area contributed by atoms with E-state index in [1.54, 1.807) is 0 Å². The topological polar surface area (TPSA) is 127 Å². The predicted molar refractivity (Wildman–Crippen MR) is 73.2 cm³/mol. The summed E-state index contributed by atoms with van der Waals surface area (Å²) in [5, 5.41) is 14.5. The van der Waals surface area contributed by atoms with Gasteiger partial charge in [-0.25, -0.2) is 13.6 Å². The van der Waals surface area contributed by atoms with Crippen molar-refractivity contribution in [3.63, 3.8) is 0 Å². The molecule has 4 N–H and O–H groups in total. The fraction of sp³-hybridized carbons (Fsp3) is 0.667. The summed E-state index contributed by atoms with van der Waals surface area (Å²) in [4.78, 5) is 12.1. The van der Waals surface area contributed by atoms with Crippen molar-refractivity contribution in [2.45, 2.75) is 49.1 Å². The molecule has 9 heteroatoms. The van der Waals surface area contributed by atoms with E-state index in [1.807, 2.05) is 6.92 Å². The lowest BCUT2D eigenvalue weighted by molar-refractivity contribution is 0.0859. The molecule has 116 valence electrons. The van der Waals surface area contributed by atoms with Crippen LogP contribution in [0.3, 0.4) is 0 Å². The molecule has 1 aromatic heterocycles. The molecule has 1 amide bonds. The van der Waals surface area contributed by atoms with Crippen molar-refractivity contribution in [2.75, 3.05) is 6.61 Å². The highest BCUT2D eigenvalue weighted by molar-refractivity contribution is 7.89. The van der Waals surface area contributed by atoms with Crippen LogP contribution < -0.4 is 10.5 Å². The fourth-order valence-corrected chi connectivity index (χ4v) is 3.52. The van der Waals surface area contributed by atoms with Crippen molar-refractivity contribution in [3.05, 3.63) is 11.4 Å². The summed E-state index contributed by atoms with van der Waals surface area (Å²) in [6.07, 6.45) is 2.34. The number of nitrogens with one attached hydrogen (secondary N) is 2. The number of nitrogens with two attached hydrogens (primary N) is 1. The SMILES string of the molecule is CC1OCCC1NC(=O)c1n[nH]c(C2CC2)c1S(N)(=O)=O. The maximum atomic E-state index is 12.3. The number of sulfonamides is 1. The van der Waals surface area contributed by atoms with Crippen molar-refractivity contribution >= 4 is 15.9 Å². The van der Waals surface area contributed by atoms with E-state index in [1.165, 1.54) is 0 Å². The summed E-state index contributed by atoms with van der Waals surface area (Å²) in [6, 6.07) is -0.146. The number of carbonyl (C=O) groups excluding carboxylic acids is 1. The van der Waals surface area contributed by atoms with Gasteiger partial charge in [-0.15, -0.1) is 0 Å². The summed E-state index contributed by atoms with van der Waals surface area (Å²) in [5.74, 6) is -0.439. The van der Waals surface area contributed by atoms with Crippen LogP contribution in [0.15, 0.2) is 4.90 Å². The van der Waals surface area contributed by atoms with Crippen molar-refractivity contribution in [1.82, 2.24) is 15.5 Å². The first kappa shape index (κ1) is 14.5. The molecule has 2 unspecified atom stereocenters. The Hall–Kier alpha value is -1.45. The first-order chi connectivity index (χ1) is 9.88. The molecular formula is C12H18N4O4S. The van der Waals surface area contributed by atoms with E-state index in [-0.39, 0.29) is 28.7 Å². The van der Waals surface area contributed by atoms with Crippen molar-refractivity contribution in [1.29, 1.82) is 0 Å². The standard InChI is InChI=1S/C12H18N4O4S/c1-6-8(4-5-20-6)14-12(17)10-11(21(13,18)19)9(15-16-10)7-2-3-7/h6-8H,2-5H2,1H3,(H,14,17)(H,15,16)(H2,13,18,19). The Morgan fingerprint density at radius 2 is 2.14 bits per heavy atom. The van der Waals surface area contributed by atoms with Gasteiger partial charge < -0.3 is 10.1 Å². The van der Waals surface area contributed by atoms with E-state index in [0.717, 1.165) is 12.8 Å². The Balaban J connectivity index is 1.89. The number of carbonyl (C=O) groups is 1. The van der Waals surface area contributed by atoms with E-state index in [2.05, 4.69) is 15.5 Å². The van der Waals surface area contributed by atoms with Gasteiger partial charge in [0.2, 0.25) is 10.0 Å². The minimum Gasteiger partial charge on any atom is -0.376 e. The maximum Gasteiger partial charge on any atom is 0.273 e. The second-order valence-corrected chi connectivity index (χ2v) is 7.08. The molecule has 2 aliphatic rings. The fourth-order valence-electron chi connectivity index (χ4n) is 2.59. The van der Waals surface area contributed by atoms with Crippen LogP contribution in [-0.2, 0) is 14.8 Å². The summed E-state index contributed by atoms with van der Waals surface area (Å²) >= 11 is 0. The highest BCUT2D eigenvalue weighted by Crippen LogP contribution is 2.42. The predicted octanol–water partition coefficient (Wildman–Crippen LogP) is -0.158. The lowest BCUT2D eigenvalue weighted by Gasteiger charge is -2.15. The highest BCUT2D eigenvalue weighted by Gasteiger charge is 2.37. The van der Waals surface area contributed by atoms with Gasteiger partial charge in [0, 0.05) is 12.5 Å². The molecule has 3 rings (SSSR count). The van der Waals surface area contributed by atoms with Crippen molar-refractivity contribution < 1.29 is 17.9 Å². The zero-order valence-corrected chi connectivity index (χ0v) is 12.4. The van der Waals surface area contributed by atoms with E-state index in [4.69, 9.17) is 9.88 Å². The van der Waals surface area contributed by atoms with Crippen LogP contribution >= 0.6 is 0 Å². The summed E-state index contributed by atoms with van der Waals surface area (Å²) < 4.78 is 28.9. The van der Waals surface area contributed by atoms with Crippen molar-refractivity contribution in [2.24, 2.45) is 5.14 Å². The number of hydrogen-bond donors (Lipinski definition) is 3. The first-order valence-corrected chi connectivity index (χ1v) is 8.46. The minimum atomic E-state index is -4.00. The summed E-state index contributed by atoms with van der Waals surface area (Å²) in [7, 11) is -4.00. The molecule has 2 atom stereocenters. The van der Waals surface area contributed by atoms with E-state index in [0.29, 0.717) is 18.7 Å². The second-order valence-electron chi connectivity index (χ2n) is 5.58. The van der Waals surface area contributed by atoms with Gasteiger partial charge in [-0.1, -0.05) is 0 Å². The third kappa shape index (κ3) is 2.81. The molecule has 0 aromatic carbocycles. The molecule has 1 aliphatic carbocycles. The van der Waals surface area contributed by atoms with E-state index < -0.39 is 15.9 Å². The van der Waals surface area contributed by atoms with Gasteiger partial charge in [0.05, 0.1) is 17.8 Å². The Kier molecular flexibility index (Phi) is 3.50. The third-order valence-electron chi connectivity index (χ3n) is 3.93. The van der Waals surface area contributed by atoms with Gasteiger partial charge in [0.25, 0.3) is 5.91 Å². The van der Waals surface area contributed by atoms with Crippen LogP contribution in [-0.4, -0.2) is 43.3 Å². The average Bonchev–Trinajstić information content (AvgIpc) is 3.00. The maximum absolute atomic E-state index is 12.3. The number of amides is 1. The Labute approximate surface area is 122 Å². The number of primary sulfonamides is 1. The van der Waals surface area contributed by atoms with Crippen LogP contribution in [0.25, 0.3) is 0 Å². The van der Waals surface area contributed by atoms with Gasteiger partial charge >= 0.3 is 0 Å². The lowest BCUT2D eigenvalue weighted by atomic mass is 10.1. The molecule has 1 saturated carbocycles. The Bertz CT molecular complexity index is 665. The molecule has 0 spiro atoms. The zero-order chi connectivity index (χ0) is 15.2. The van der Waals surface area contributed by atoms with Crippen LogP contribution in [0, 0.1) is 0 Å². The molecule has 2 fully saturated rings. The number of rotatable bonds is 4.